The lowest BCUT2D eigenvalue weighted by Crippen LogP contribution is -2.35. The molecule has 2 aromatic carbocycles. The summed E-state index contributed by atoms with van der Waals surface area (Å²) in [7, 11) is -10.4. The number of nitrogens with zero attached hydrogens (tertiary/aromatic N) is 2. The van der Waals surface area contributed by atoms with Crippen LogP contribution in [0.4, 0.5) is 13.2 Å². The first kappa shape index (κ1) is 30.9. The maximum atomic E-state index is 13.5. The molecule has 0 aliphatic heterocycles. The smallest absolute Gasteiger partial charge is 0.417 e. The molecule has 9 nitrogen and oxygen atoms in total. The van der Waals surface area contributed by atoms with Gasteiger partial charge >= 0.3 is 6.18 Å². The summed E-state index contributed by atoms with van der Waals surface area (Å²) in [4.78, 5) is 22.0. The summed E-state index contributed by atoms with van der Waals surface area (Å²) in [5.41, 5.74) is -2.89. The number of nitriles is 1. The maximum Gasteiger partial charge on any atom is 0.417 e. The fourth-order valence-corrected chi connectivity index (χ4v) is 8.80. The van der Waals surface area contributed by atoms with Crippen molar-refractivity contribution in [2.24, 2.45) is 0 Å². The van der Waals surface area contributed by atoms with Gasteiger partial charge in [-0.2, -0.15) is 23.2 Å². The van der Waals surface area contributed by atoms with Crippen LogP contribution in [0.25, 0.3) is 10.1 Å². The number of hydrogen-bond donors (Lipinski definition) is 2. The first-order chi connectivity index (χ1) is 19.1. The number of thiophene rings is 1. The van der Waals surface area contributed by atoms with Gasteiger partial charge in [-0.3, -0.25) is 0 Å². The number of aromatic nitrogens is 1. The van der Waals surface area contributed by atoms with Gasteiger partial charge < -0.3 is 19.1 Å². The number of halogens is 4. The summed E-state index contributed by atoms with van der Waals surface area (Å²) in [5.74, 6) is -2.20. The highest BCUT2D eigenvalue weighted by atomic mass is 35.5. The molecule has 0 aliphatic rings. The highest BCUT2D eigenvalue weighted by Crippen LogP contribution is 2.49. The number of sulfonamides is 1. The van der Waals surface area contributed by atoms with Gasteiger partial charge in [0.1, 0.15) is 22.3 Å². The molecule has 2 aromatic heterocycles. The van der Waals surface area contributed by atoms with Crippen LogP contribution in [0.5, 0.6) is 5.75 Å². The van der Waals surface area contributed by atoms with Crippen molar-refractivity contribution in [1.82, 2.24) is 4.72 Å². The molecular formula is C25H20ClF3N3O6PS2. The van der Waals surface area contributed by atoms with E-state index in [1.807, 2.05) is 35.2 Å². The Labute approximate surface area is 241 Å². The van der Waals surface area contributed by atoms with E-state index in [4.69, 9.17) is 21.6 Å². The second-order valence-corrected chi connectivity index (χ2v) is 13.7. The van der Waals surface area contributed by atoms with Crippen LogP contribution in [0.3, 0.4) is 0 Å². The third kappa shape index (κ3) is 6.73. The molecule has 2 heterocycles. The molecule has 0 saturated heterocycles. The Balaban J connectivity index is 1.68. The number of rotatable bonds is 9. The van der Waals surface area contributed by atoms with Gasteiger partial charge in [0.05, 0.1) is 22.2 Å². The Morgan fingerprint density at radius 2 is 1.93 bits per heavy atom. The second-order valence-electron chi connectivity index (χ2n) is 8.73. The quantitative estimate of drug-likeness (QED) is 0.199. The molecule has 16 heteroatoms. The predicted molar refractivity (Wildman–Crippen MR) is 143 cm³/mol. The van der Waals surface area contributed by atoms with Gasteiger partial charge in [-0.1, -0.05) is 23.7 Å². The molecule has 216 valence electrons. The van der Waals surface area contributed by atoms with Crippen molar-refractivity contribution in [3.8, 4) is 11.8 Å². The van der Waals surface area contributed by atoms with Crippen LogP contribution >= 0.6 is 30.5 Å². The number of alkyl halides is 3. The molecule has 4 rings (SSSR count). The van der Waals surface area contributed by atoms with E-state index in [0.717, 1.165) is 17.4 Å². The minimum absolute atomic E-state index is 0.117. The van der Waals surface area contributed by atoms with E-state index in [0.29, 0.717) is 28.8 Å². The van der Waals surface area contributed by atoms with Crippen molar-refractivity contribution < 1.29 is 45.2 Å². The molecule has 0 amide bonds. The SMILES string of the molecule is Cc1c(S(=O)(=O)NC(c2ccc(C#N)c(C(F)(F)F)c2)P(=O)([O-])O)sc2ccc(OCC[n+]3ccccc3)c(Cl)c12. The third-order valence-electron chi connectivity index (χ3n) is 5.96. The number of aryl methyl sites for hydroxylation is 1. The van der Waals surface area contributed by atoms with Gasteiger partial charge in [-0.15, -0.1) is 11.3 Å². The Hall–Kier alpha value is -3.02. The summed E-state index contributed by atoms with van der Waals surface area (Å²) in [5, 5.41) is 9.44. The van der Waals surface area contributed by atoms with Crippen LogP contribution in [0.15, 0.2) is 65.1 Å². The van der Waals surface area contributed by atoms with Crippen LogP contribution in [0.2, 0.25) is 5.02 Å². The van der Waals surface area contributed by atoms with Crippen molar-refractivity contribution in [3.63, 3.8) is 0 Å². The second kappa shape index (κ2) is 11.7. The highest BCUT2D eigenvalue weighted by Gasteiger charge is 2.37. The van der Waals surface area contributed by atoms with E-state index in [9.17, 15) is 35.9 Å². The molecule has 0 bridgehead atoms. The van der Waals surface area contributed by atoms with Crippen LogP contribution in [-0.2, 0) is 27.3 Å². The van der Waals surface area contributed by atoms with Crippen molar-refractivity contribution in [2.45, 2.75) is 29.6 Å². The van der Waals surface area contributed by atoms with Gasteiger partial charge in [-0.05, 0) is 42.3 Å². The summed E-state index contributed by atoms with van der Waals surface area (Å²) in [6.45, 7) is 2.18. The molecule has 41 heavy (non-hydrogen) atoms. The number of ether oxygens (including phenoxy) is 1. The average Bonchev–Trinajstić information content (AvgIpc) is 3.25. The number of nitrogens with one attached hydrogen (secondary N) is 1. The summed E-state index contributed by atoms with van der Waals surface area (Å²) >= 11 is 7.29. The summed E-state index contributed by atoms with van der Waals surface area (Å²) in [6, 6.07) is 11.9. The highest BCUT2D eigenvalue weighted by molar-refractivity contribution is 7.92. The molecule has 2 unspecified atom stereocenters. The number of benzene rings is 2. The van der Waals surface area contributed by atoms with Gasteiger partial charge in [-0.25, -0.2) is 13.0 Å². The fourth-order valence-electron chi connectivity index (χ4n) is 4.05. The number of fused-ring (bicyclic) bond motifs is 1. The van der Waals surface area contributed by atoms with Gasteiger partial charge in [0.25, 0.3) is 10.0 Å². The van der Waals surface area contributed by atoms with Crippen LogP contribution in [0.1, 0.15) is 28.0 Å². The first-order valence-corrected chi connectivity index (χ1v) is 15.9. The summed E-state index contributed by atoms with van der Waals surface area (Å²) < 4.78 is 88.8. The molecular weight excluding hydrogens is 626 g/mol. The zero-order valence-corrected chi connectivity index (χ0v) is 24.2. The van der Waals surface area contributed by atoms with E-state index in [2.05, 4.69) is 0 Å². The average molecular weight is 646 g/mol. The Bertz CT molecular complexity index is 1810. The third-order valence-corrected chi connectivity index (χ3v) is 10.9. The minimum atomic E-state index is -5.65. The largest absolute Gasteiger partial charge is 0.777 e. The molecule has 0 radical (unpaired) electrons. The van der Waals surface area contributed by atoms with Gasteiger partial charge in [0.15, 0.2) is 26.5 Å². The van der Waals surface area contributed by atoms with E-state index >= 15 is 0 Å². The molecule has 0 fully saturated rings. The van der Waals surface area contributed by atoms with E-state index in [-0.39, 0.29) is 27.2 Å². The number of hydrogen-bond acceptors (Lipinski definition) is 7. The van der Waals surface area contributed by atoms with Crippen molar-refractivity contribution in [3.05, 3.63) is 88.2 Å². The lowest BCUT2D eigenvalue weighted by molar-refractivity contribution is -0.697. The zero-order valence-electron chi connectivity index (χ0n) is 20.9. The predicted octanol–water partition coefficient (Wildman–Crippen LogP) is 4.64. The molecule has 0 aliphatic carbocycles. The standard InChI is InChI=1S/C25H20ClF3N3O6PS2/c1-15-21-20(8-7-19(22(21)26)38-12-11-32-9-3-2-4-10-32)40-24(15)41(36,37)31-23(39(33,34)35)16-5-6-17(14-30)18(13-16)25(27,28)29/h2-10,13,23,31H,11-12H2,1H3,(H-,33,34,35). The topological polar surface area (TPSA) is 143 Å². The van der Waals surface area contributed by atoms with Gasteiger partial charge in [0, 0.05) is 22.2 Å². The van der Waals surface area contributed by atoms with E-state index in [1.54, 1.807) is 16.9 Å². The molecule has 4 aromatic rings. The van der Waals surface area contributed by atoms with Crippen molar-refractivity contribution in [1.29, 1.82) is 5.26 Å². The molecule has 2 atom stereocenters. The normalized spacial score (nSPS) is 14.4. The summed E-state index contributed by atoms with van der Waals surface area (Å²) in [6.07, 6.45) is -1.35. The van der Waals surface area contributed by atoms with E-state index in [1.165, 1.54) is 13.0 Å². The molecule has 0 spiro atoms. The van der Waals surface area contributed by atoms with Crippen LogP contribution in [-0.4, -0.2) is 19.9 Å². The van der Waals surface area contributed by atoms with Crippen molar-refractivity contribution in [2.75, 3.05) is 6.61 Å². The fraction of sp³-hybridized carbons (Fsp3) is 0.200. The lowest BCUT2D eigenvalue weighted by atomic mass is 10.0. The Morgan fingerprint density at radius 3 is 2.54 bits per heavy atom. The molecule has 2 N–H and O–H groups in total. The maximum absolute atomic E-state index is 13.5. The van der Waals surface area contributed by atoms with Crippen LogP contribution < -0.4 is 18.9 Å². The monoisotopic (exact) mass is 645 g/mol. The number of pyridine rings is 1. The Morgan fingerprint density at radius 1 is 1.24 bits per heavy atom. The lowest BCUT2D eigenvalue weighted by Gasteiger charge is -2.28. The van der Waals surface area contributed by atoms with Crippen molar-refractivity contribution >= 4 is 50.6 Å². The first-order valence-electron chi connectivity index (χ1n) is 11.6. The minimum Gasteiger partial charge on any atom is -0.777 e. The van der Waals surface area contributed by atoms with Gasteiger partial charge in [0.2, 0.25) is 0 Å². The molecule has 0 saturated carbocycles. The van der Waals surface area contributed by atoms with Crippen LogP contribution in [0, 0.1) is 18.3 Å². The zero-order chi connectivity index (χ0) is 30.2. The van der Waals surface area contributed by atoms with E-state index < -0.39 is 46.3 Å². The Kier molecular flexibility index (Phi) is 8.82.